The van der Waals surface area contributed by atoms with Gasteiger partial charge in [0.05, 0.1) is 5.01 Å². The van der Waals surface area contributed by atoms with Crippen LogP contribution in [0.2, 0.25) is 0 Å². The highest BCUT2D eigenvalue weighted by Crippen LogP contribution is 2.22. The van der Waals surface area contributed by atoms with E-state index in [1.165, 1.54) is 0 Å². The highest BCUT2D eigenvalue weighted by atomic mass is 32.1. The third-order valence-electron chi connectivity index (χ3n) is 2.39. The first-order valence-electron chi connectivity index (χ1n) is 5.36. The summed E-state index contributed by atoms with van der Waals surface area (Å²) in [6, 6.07) is 3.75. The smallest absolute Gasteiger partial charge is 0.133 e. The third kappa shape index (κ3) is 2.51. The number of nitrogens with zero attached hydrogens (tertiary/aromatic N) is 1. The summed E-state index contributed by atoms with van der Waals surface area (Å²) in [5.41, 5.74) is 1.00. The first-order chi connectivity index (χ1) is 7.69. The van der Waals surface area contributed by atoms with Gasteiger partial charge in [-0.05, 0) is 19.1 Å². The second-order valence-electron chi connectivity index (χ2n) is 3.76. The standard InChI is InChI=1S/C12H15NO2S/c1-3-9-4-5-11(15-9)10(14)6-12-13-8(2)7-16-12/h4-5,7,10,14H,3,6H2,1-2H3. The van der Waals surface area contributed by atoms with Gasteiger partial charge in [0.25, 0.3) is 0 Å². The minimum Gasteiger partial charge on any atom is -0.463 e. The van der Waals surface area contributed by atoms with Crippen LogP contribution in [0.3, 0.4) is 0 Å². The summed E-state index contributed by atoms with van der Waals surface area (Å²) in [7, 11) is 0. The van der Waals surface area contributed by atoms with E-state index in [1.54, 1.807) is 11.3 Å². The Labute approximate surface area is 98.8 Å². The van der Waals surface area contributed by atoms with E-state index >= 15 is 0 Å². The monoisotopic (exact) mass is 237 g/mol. The molecular weight excluding hydrogens is 222 g/mol. The van der Waals surface area contributed by atoms with E-state index in [-0.39, 0.29) is 0 Å². The Morgan fingerprint density at radius 1 is 1.50 bits per heavy atom. The van der Waals surface area contributed by atoms with Crippen LogP contribution in [0, 0.1) is 6.92 Å². The van der Waals surface area contributed by atoms with Gasteiger partial charge < -0.3 is 9.52 Å². The third-order valence-corrected chi connectivity index (χ3v) is 3.38. The zero-order valence-corrected chi connectivity index (χ0v) is 10.3. The molecule has 2 heterocycles. The summed E-state index contributed by atoms with van der Waals surface area (Å²) in [5.74, 6) is 1.54. The summed E-state index contributed by atoms with van der Waals surface area (Å²) >= 11 is 1.57. The van der Waals surface area contributed by atoms with E-state index in [4.69, 9.17) is 4.42 Å². The predicted octanol–water partition coefficient (Wildman–Crippen LogP) is 2.88. The Hall–Kier alpha value is -1.13. The molecule has 0 saturated carbocycles. The van der Waals surface area contributed by atoms with E-state index in [0.29, 0.717) is 12.2 Å². The average Bonchev–Trinajstić information content (AvgIpc) is 2.87. The topological polar surface area (TPSA) is 46.3 Å². The molecule has 0 aliphatic carbocycles. The Kier molecular flexibility index (Phi) is 3.41. The lowest BCUT2D eigenvalue weighted by molar-refractivity contribution is 0.148. The van der Waals surface area contributed by atoms with Gasteiger partial charge in [-0.15, -0.1) is 11.3 Å². The molecule has 1 atom stereocenters. The number of hydrogen-bond acceptors (Lipinski definition) is 4. The van der Waals surface area contributed by atoms with Gasteiger partial charge in [-0.1, -0.05) is 6.92 Å². The molecule has 1 unspecified atom stereocenters. The van der Waals surface area contributed by atoms with Gasteiger partial charge in [-0.25, -0.2) is 4.98 Å². The fourth-order valence-corrected chi connectivity index (χ4v) is 2.34. The van der Waals surface area contributed by atoms with Crippen LogP contribution in [0.15, 0.2) is 21.9 Å². The van der Waals surface area contributed by atoms with Crippen LogP contribution in [0.5, 0.6) is 0 Å². The van der Waals surface area contributed by atoms with Crippen LogP contribution in [0.4, 0.5) is 0 Å². The second kappa shape index (κ2) is 4.80. The van der Waals surface area contributed by atoms with E-state index in [2.05, 4.69) is 4.98 Å². The molecule has 1 N–H and O–H groups in total. The molecule has 0 amide bonds. The Balaban J connectivity index is 2.05. The maximum Gasteiger partial charge on any atom is 0.133 e. The van der Waals surface area contributed by atoms with Gasteiger partial charge in [-0.2, -0.15) is 0 Å². The molecule has 2 rings (SSSR count). The van der Waals surface area contributed by atoms with E-state index < -0.39 is 6.10 Å². The van der Waals surface area contributed by atoms with Crippen molar-refractivity contribution >= 4 is 11.3 Å². The Morgan fingerprint density at radius 2 is 2.31 bits per heavy atom. The lowest BCUT2D eigenvalue weighted by Gasteiger charge is -2.04. The van der Waals surface area contributed by atoms with Crippen LogP contribution < -0.4 is 0 Å². The molecule has 2 aromatic rings. The van der Waals surface area contributed by atoms with Gasteiger partial charge in [0.15, 0.2) is 0 Å². The van der Waals surface area contributed by atoms with E-state index in [9.17, 15) is 5.11 Å². The highest BCUT2D eigenvalue weighted by molar-refractivity contribution is 7.09. The Bertz CT molecular complexity index is 461. The van der Waals surface area contributed by atoms with Crippen molar-refractivity contribution < 1.29 is 9.52 Å². The van der Waals surface area contributed by atoms with E-state index in [0.717, 1.165) is 22.9 Å². The number of thiazole rings is 1. The van der Waals surface area contributed by atoms with Crippen LogP contribution in [0.25, 0.3) is 0 Å². The van der Waals surface area contributed by atoms with Crippen molar-refractivity contribution in [1.29, 1.82) is 0 Å². The van der Waals surface area contributed by atoms with Crippen LogP contribution in [-0.4, -0.2) is 10.1 Å². The van der Waals surface area contributed by atoms with Crippen LogP contribution in [0.1, 0.15) is 35.2 Å². The maximum absolute atomic E-state index is 9.96. The number of aliphatic hydroxyl groups excluding tert-OH is 1. The fraction of sp³-hybridized carbons (Fsp3) is 0.417. The number of rotatable bonds is 4. The number of aromatic nitrogens is 1. The van der Waals surface area contributed by atoms with Crippen molar-refractivity contribution in [3.8, 4) is 0 Å². The molecule has 0 saturated heterocycles. The molecule has 0 radical (unpaired) electrons. The SMILES string of the molecule is CCc1ccc(C(O)Cc2nc(C)cs2)o1. The predicted molar refractivity (Wildman–Crippen MR) is 63.6 cm³/mol. The van der Waals surface area contributed by atoms with E-state index in [1.807, 2.05) is 31.4 Å². The molecule has 16 heavy (non-hydrogen) atoms. The van der Waals surface area contributed by atoms with Crippen molar-refractivity contribution in [3.63, 3.8) is 0 Å². The molecule has 2 aromatic heterocycles. The maximum atomic E-state index is 9.96. The van der Waals surface area contributed by atoms with Gasteiger partial charge >= 0.3 is 0 Å². The van der Waals surface area contributed by atoms with Gasteiger partial charge in [-0.3, -0.25) is 0 Å². The van der Waals surface area contributed by atoms with Crippen molar-refractivity contribution in [2.24, 2.45) is 0 Å². The summed E-state index contributed by atoms with van der Waals surface area (Å²) in [5, 5.41) is 12.9. The number of aliphatic hydroxyl groups is 1. The van der Waals surface area contributed by atoms with Crippen molar-refractivity contribution in [3.05, 3.63) is 39.7 Å². The highest BCUT2D eigenvalue weighted by Gasteiger charge is 2.14. The molecular formula is C12H15NO2S. The first-order valence-corrected chi connectivity index (χ1v) is 6.24. The minimum absolute atomic E-state index is 0.523. The molecule has 0 aliphatic heterocycles. The first kappa shape index (κ1) is 11.4. The summed E-state index contributed by atoms with van der Waals surface area (Å²) < 4.78 is 5.50. The van der Waals surface area contributed by atoms with Gasteiger partial charge in [0.1, 0.15) is 17.6 Å². The lowest BCUT2D eigenvalue weighted by Crippen LogP contribution is -2.00. The number of aryl methyl sites for hydroxylation is 2. The van der Waals surface area contributed by atoms with Crippen LogP contribution in [-0.2, 0) is 12.8 Å². The largest absolute Gasteiger partial charge is 0.463 e. The average molecular weight is 237 g/mol. The minimum atomic E-state index is -0.592. The molecule has 0 fully saturated rings. The van der Waals surface area contributed by atoms with Gasteiger partial charge in [0.2, 0.25) is 0 Å². The van der Waals surface area contributed by atoms with Crippen molar-refractivity contribution in [1.82, 2.24) is 4.98 Å². The zero-order valence-electron chi connectivity index (χ0n) is 9.43. The molecule has 0 aliphatic rings. The summed E-state index contributed by atoms with van der Waals surface area (Å²) in [6.07, 6.45) is 0.781. The summed E-state index contributed by atoms with van der Waals surface area (Å²) in [6.45, 7) is 3.98. The summed E-state index contributed by atoms with van der Waals surface area (Å²) in [4.78, 5) is 4.32. The second-order valence-corrected chi connectivity index (χ2v) is 4.70. The number of furan rings is 1. The molecule has 3 nitrogen and oxygen atoms in total. The van der Waals surface area contributed by atoms with Gasteiger partial charge in [0, 0.05) is 23.9 Å². The van der Waals surface area contributed by atoms with Crippen molar-refractivity contribution in [2.45, 2.75) is 32.8 Å². The fourth-order valence-electron chi connectivity index (χ4n) is 1.53. The normalized spacial score (nSPS) is 12.9. The zero-order chi connectivity index (χ0) is 11.5. The molecule has 0 bridgehead atoms. The molecule has 4 heteroatoms. The van der Waals surface area contributed by atoms with Crippen LogP contribution >= 0.6 is 11.3 Å². The number of hydrogen-bond donors (Lipinski definition) is 1. The molecule has 0 aromatic carbocycles. The molecule has 0 spiro atoms. The quantitative estimate of drug-likeness (QED) is 0.889. The Morgan fingerprint density at radius 3 is 2.88 bits per heavy atom. The lowest BCUT2D eigenvalue weighted by atomic mass is 10.2. The molecule has 86 valence electrons. The van der Waals surface area contributed by atoms with Crippen molar-refractivity contribution in [2.75, 3.05) is 0 Å².